The van der Waals surface area contributed by atoms with E-state index in [1.807, 2.05) is 23.7 Å². The zero-order chi connectivity index (χ0) is 29.5. The van der Waals surface area contributed by atoms with Crippen molar-refractivity contribution in [2.45, 2.75) is 0 Å². The lowest BCUT2D eigenvalue weighted by atomic mass is 10.2. The van der Waals surface area contributed by atoms with Crippen LogP contribution in [0.1, 0.15) is 11.1 Å². The molecule has 0 aliphatic heterocycles. The molecule has 40 heavy (non-hydrogen) atoms. The molecule has 0 unspecified atom stereocenters. The summed E-state index contributed by atoms with van der Waals surface area (Å²) in [7, 11) is 3.03. The average molecular weight is 590 g/mol. The molecule has 0 heterocycles. The highest BCUT2D eigenvalue weighted by molar-refractivity contribution is 6.34. The van der Waals surface area contributed by atoms with Crippen molar-refractivity contribution >= 4 is 58.9 Å². The van der Waals surface area contributed by atoms with E-state index >= 15 is 0 Å². The summed E-state index contributed by atoms with van der Waals surface area (Å²) in [5.74, 6) is 0.771. The van der Waals surface area contributed by atoms with Crippen LogP contribution in [0.4, 0.5) is 11.4 Å². The van der Waals surface area contributed by atoms with Gasteiger partial charge in [0.05, 0.1) is 47.8 Å². The van der Waals surface area contributed by atoms with Crippen LogP contribution in [0, 0.1) is 10.1 Å². The quantitative estimate of drug-likeness (QED) is 0.112. The normalized spacial score (nSPS) is 11.0. The molecule has 3 rings (SSSR count). The fourth-order valence-corrected chi connectivity index (χ4v) is 3.29. The highest BCUT2D eigenvalue weighted by Gasteiger charge is 2.12. The standard InChI is InChI=1S/C16H17ClN4O3.C8H8ClN5O2/c1-23-13-9-8-11(14(17)15(13)24-2)10-18-20-16(21-22)19-12-6-4-3-5-7-12;9-6-1-2-7(14(15)16)5(3-6)4-12-13-8(10)11/h3-10,22H,1-2H3,(H2,19,20,21);1-4H,(H4,10,11,13)/b18-10+;12-4+. The second-order valence-corrected chi connectivity index (χ2v) is 8.03. The molecule has 0 aliphatic rings. The first kappa shape index (κ1) is 31.3. The molecule has 0 aromatic heterocycles. The Bertz CT molecular complexity index is 1410. The van der Waals surface area contributed by atoms with Crippen molar-refractivity contribution in [3.8, 4) is 11.5 Å². The third-order valence-electron chi connectivity index (χ3n) is 4.55. The van der Waals surface area contributed by atoms with Gasteiger partial charge in [-0.25, -0.2) is 15.9 Å². The van der Waals surface area contributed by atoms with Crippen molar-refractivity contribution in [3.63, 3.8) is 0 Å². The van der Waals surface area contributed by atoms with Crippen molar-refractivity contribution in [2.75, 3.05) is 14.2 Å². The highest BCUT2D eigenvalue weighted by atomic mass is 35.5. The lowest BCUT2D eigenvalue weighted by molar-refractivity contribution is -0.385. The zero-order valence-electron chi connectivity index (χ0n) is 21.2. The number of methoxy groups -OCH3 is 2. The summed E-state index contributed by atoms with van der Waals surface area (Å²) < 4.78 is 10.4. The summed E-state index contributed by atoms with van der Waals surface area (Å²) in [6.45, 7) is 0. The average Bonchev–Trinajstić information content (AvgIpc) is 2.93. The number of benzene rings is 3. The van der Waals surface area contributed by atoms with Crippen LogP contribution in [0.5, 0.6) is 11.5 Å². The molecule has 7 N–H and O–H groups in total. The molecule has 0 radical (unpaired) electrons. The fourth-order valence-electron chi connectivity index (χ4n) is 2.83. The van der Waals surface area contributed by atoms with Crippen LogP contribution in [0.2, 0.25) is 10.0 Å². The number of nitro groups is 1. The summed E-state index contributed by atoms with van der Waals surface area (Å²) in [5.41, 5.74) is 16.0. The van der Waals surface area contributed by atoms with Gasteiger partial charge < -0.3 is 20.9 Å². The number of para-hydroxylation sites is 1. The molecule has 16 heteroatoms. The van der Waals surface area contributed by atoms with Gasteiger partial charge in [0, 0.05) is 16.7 Å². The minimum atomic E-state index is -0.548. The minimum absolute atomic E-state index is 0.0639. The van der Waals surface area contributed by atoms with E-state index in [1.165, 1.54) is 38.6 Å². The van der Waals surface area contributed by atoms with E-state index in [0.29, 0.717) is 32.8 Å². The summed E-state index contributed by atoms with van der Waals surface area (Å²) in [4.78, 5) is 14.2. The summed E-state index contributed by atoms with van der Waals surface area (Å²) in [6, 6.07) is 16.6. The van der Waals surface area contributed by atoms with Gasteiger partial charge in [-0.05, 0) is 36.4 Å². The zero-order valence-corrected chi connectivity index (χ0v) is 22.7. The van der Waals surface area contributed by atoms with E-state index < -0.39 is 4.92 Å². The number of hydroxylamine groups is 1. The van der Waals surface area contributed by atoms with Gasteiger partial charge in [0.25, 0.3) is 5.69 Å². The van der Waals surface area contributed by atoms with Gasteiger partial charge in [-0.3, -0.25) is 15.3 Å². The molecule has 0 bridgehead atoms. The van der Waals surface area contributed by atoms with Gasteiger partial charge in [0.2, 0.25) is 11.9 Å². The number of rotatable bonds is 8. The number of hydrazone groups is 1. The maximum atomic E-state index is 10.6. The Morgan fingerprint density at radius 2 is 1.75 bits per heavy atom. The molecule has 0 fully saturated rings. The van der Waals surface area contributed by atoms with Crippen LogP contribution in [-0.4, -0.2) is 48.7 Å². The predicted molar refractivity (Wildman–Crippen MR) is 155 cm³/mol. The topological polar surface area (TPSA) is 207 Å². The third kappa shape index (κ3) is 9.75. The first-order chi connectivity index (χ1) is 19.2. The van der Waals surface area contributed by atoms with Crippen LogP contribution in [0.25, 0.3) is 0 Å². The van der Waals surface area contributed by atoms with E-state index in [1.54, 1.807) is 24.3 Å². The lowest BCUT2D eigenvalue weighted by Crippen LogP contribution is -2.31. The molecule has 0 amide bonds. The maximum Gasteiger partial charge on any atom is 0.278 e. The number of guanidine groups is 2. The molecular weight excluding hydrogens is 565 g/mol. The van der Waals surface area contributed by atoms with Gasteiger partial charge in [-0.15, -0.1) is 5.10 Å². The van der Waals surface area contributed by atoms with E-state index in [-0.39, 0.29) is 23.2 Å². The summed E-state index contributed by atoms with van der Waals surface area (Å²) in [5, 5.41) is 31.3. The summed E-state index contributed by atoms with van der Waals surface area (Å²) in [6.07, 6.45) is 2.63. The number of nitro benzene ring substituents is 1. The second-order valence-electron chi connectivity index (χ2n) is 7.21. The predicted octanol–water partition coefficient (Wildman–Crippen LogP) is 3.80. The molecule has 0 saturated heterocycles. The van der Waals surface area contributed by atoms with E-state index in [9.17, 15) is 10.1 Å². The Kier molecular flexibility index (Phi) is 12.6. The number of hydrogen-bond acceptors (Lipinski definition) is 9. The van der Waals surface area contributed by atoms with Crippen LogP contribution in [0.15, 0.2) is 81.0 Å². The van der Waals surface area contributed by atoms with Crippen molar-refractivity contribution in [1.29, 1.82) is 0 Å². The van der Waals surface area contributed by atoms with E-state index in [2.05, 4.69) is 25.7 Å². The molecule has 14 nitrogen and oxygen atoms in total. The van der Waals surface area contributed by atoms with Crippen LogP contribution < -0.4 is 31.8 Å². The molecule has 0 atom stereocenters. The smallest absolute Gasteiger partial charge is 0.278 e. The van der Waals surface area contributed by atoms with Gasteiger partial charge in [0.15, 0.2) is 11.5 Å². The first-order valence-electron chi connectivity index (χ1n) is 11.0. The molecular formula is C24H25Cl2N9O5. The fraction of sp³-hybridized carbons (Fsp3) is 0.0833. The Morgan fingerprint density at radius 1 is 1.02 bits per heavy atom. The van der Waals surface area contributed by atoms with Gasteiger partial charge in [-0.1, -0.05) is 41.4 Å². The Balaban J connectivity index is 0.000000305. The number of nitrogens with one attached hydrogen (secondary N) is 2. The van der Waals surface area contributed by atoms with Crippen LogP contribution in [-0.2, 0) is 0 Å². The number of aliphatic imine (C=N–C) groups is 1. The minimum Gasteiger partial charge on any atom is -0.493 e. The maximum absolute atomic E-state index is 10.6. The Hall–Kier alpha value is -4.92. The van der Waals surface area contributed by atoms with Crippen molar-refractivity contribution in [1.82, 2.24) is 10.9 Å². The molecule has 3 aromatic carbocycles. The number of nitrogens with zero attached hydrogens (tertiary/aromatic N) is 5. The molecule has 3 aromatic rings. The molecule has 210 valence electrons. The van der Waals surface area contributed by atoms with Gasteiger partial charge >= 0.3 is 0 Å². The Labute approximate surface area is 238 Å². The van der Waals surface area contributed by atoms with E-state index in [0.717, 1.165) is 6.21 Å². The third-order valence-corrected chi connectivity index (χ3v) is 5.17. The Morgan fingerprint density at radius 3 is 2.35 bits per heavy atom. The number of nitrogens with two attached hydrogens (primary N) is 2. The second kappa shape index (κ2) is 16.1. The van der Waals surface area contributed by atoms with Crippen molar-refractivity contribution in [3.05, 3.63) is 92.0 Å². The largest absolute Gasteiger partial charge is 0.493 e. The monoisotopic (exact) mass is 589 g/mol. The highest BCUT2D eigenvalue weighted by Crippen LogP contribution is 2.36. The van der Waals surface area contributed by atoms with Crippen molar-refractivity contribution in [2.24, 2.45) is 31.8 Å². The first-order valence-corrected chi connectivity index (χ1v) is 11.7. The van der Waals surface area contributed by atoms with Gasteiger partial charge in [-0.2, -0.15) is 10.2 Å². The molecule has 0 spiro atoms. The van der Waals surface area contributed by atoms with Crippen molar-refractivity contribution < 1.29 is 19.6 Å². The summed E-state index contributed by atoms with van der Waals surface area (Å²) >= 11 is 11.9. The van der Waals surface area contributed by atoms with Crippen LogP contribution >= 0.6 is 23.2 Å². The van der Waals surface area contributed by atoms with Gasteiger partial charge in [0.1, 0.15) is 0 Å². The lowest BCUT2D eigenvalue weighted by Gasteiger charge is -2.10. The molecule has 0 aliphatic carbocycles. The number of ether oxygens (including phenoxy) is 2. The van der Waals surface area contributed by atoms with Crippen LogP contribution in [0.3, 0.4) is 0 Å². The number of hydrogen-bond donors (Lipinski definition) is 5. The van der Waals surface area contributed by atoms with E-state index in [4.69, 9.17) is 49.4 Å². The SMILES string of the molecule is COc1ccc(/C=N/NC(=Nc2ccccc2)NO)c(Cl)c1OC.NC(N)=N/N=C/c1cc(Cl)ccc1[N+](=O)[O-]. The number of halogens is 2. The molecule has 0 saturated carbocycles.